The minimum absolute atomic E-state index is 0.221. The van der Waals surface area contributed by atoms with Gasteiger partial charge in [0, 0.05) is 13.1 Å². The maximum absolute atomic E-state index is 11.8. The zero-order chi connectivity index (χ0) is 10.7. The van der Waals surface area contributed by atoms with Crippen LogP contribution < -0.4 is 10.6 Å². The maximum Gasteiger partial charge on any atom is 0.224 e. The molecule has 1 saturated heterocycles. The molecule has 1 aliphatic carbocycles. The largest absolute Gasteiger partial charge is 0.355 e. The van der Waals surface area contributed by atoms with Gasteiger partial charge in [0.2, 0.25) is 5.91 Å². The van der Waals surface area contributed by atoms with Crippen molar-refractivity contribution in [2.45, 2.75) is 39.0 Å². The standard InChI is InChI=1S/C12H22N2O/c1-2-12(5-3-6-12)9-14-11(15)10-4-7-13-8-10/h10,13H,2-9H2,1H3,(H,14,15)/t10-/m0/s1. The first kappa shape index (κ1) is 10.9. The van der Waals surface area contributed by atoms with Crippen LogP contribution in [0.3, 0.4) is 0 Å². The van der Waals surface area contributed by atoms with E-state index in [1.54, 1.807) is 0 Å². The first-order valence-corrected chi connectivity index (χ1v) is 6.24. The highest BCUT2D eigenvalue weighted by atomic mass is 16.1. The molecule has 1 atom stereocenters. The molecule has 0 spiro atoms. The van der Waals surface area contributed by atoms with Crippen molar-refractivity contribution in [3.8, 4) is 0 Å². The zero-order valence-electron chi connectivity index (χ0n) is 9.64. The van der Waals surface area contributed by atoms with E-state index >= 15 is 0 Å². The molecule has 0 unspecified atom stereocenters. The van der Waals surface area contributed by atoms with Crippen LogP contribution >= 0.6 is 0 Å². The summed E-state index contributed by atoms with van der Waals surface area (Å²) in [6.07, 6.45) is 6.15. The van der Waals surface area contributed by atoms with Crippen LogP contribution in [-0.2, 0) is 4.79 Å². The van der Waals surface area contributed by atoms with Crippen molar-refractivity contribution < 1.29 is 4.79 Å². The van der Waals surface area contributed by atoms with Crippen molar-refractivity contribution >= 4 is 5.91 Å². The van der Waals surface area contributed by atoms with Crippen molar-refractivity contribution in [1.29, 1.82) is 0 Å². The summed E-state index contributed by atoms with van der Waals surface area (Å²) in [5, 5.41) is 6.37. The summed E-state index contributed by atoms with van der Waals surface area (Å²) in [4.78, 5) is 11.8. The molecule has 0 aromatic heterocycles. The molecule has 2 fully saturated rings. The summed E-state index contributed by atoms with van der Waals surface area (Å²) in [5.74, 6) is 0.485. The Kier molecular flexibility index (Phi) is 3.29. The van der Waals surface area contributed by atoms with Crippen molar-refractivity contribution in [3.63, 3.8) is 0 Å². The summed E-state index contributed by atoms with van der Waals surface area (Å²) in [6.45, 7) is 5.00. The van der Waals surface area contributed by atoms with Crippen LogP contribution in [-0.4, -0.2) is 25.5 Å². The molecule has 15 heavy (non-hydrogen) atoms. The highest BCUT2D eigenvalue weighted by Crippen LogP contribution is 2.43. The van der Waals surface area contributed by atoms with E-state index in [1.165, 1.54) is 25.7 Å². The van der Waals surface area contributed by atoms with Gasteiger partial charge in [-0.3, -0.25) is 4.79 Å². The van der Waals surface area contributed by atoms with Crippen molar-refractivity contribution in [1.82, 2.24) is 10.6 Å². The fourth-order valence-corrected chi connectivity index (χ4v) is 2.63. The lowest BCUT2D eigenvalue weighted by Crippen LogP contribution is -2.43. The Morgan fingerprint density at radius 3 is 2.80 bits per heavy atom. The average Bonchev–Trinajstić information content (AvgIpc) is 2.69. The first-order valence-electron chi connectivity index (χ1n) is 6.24. The van der Waals surface area contributed by atoms with Gasteiger partial charge >= 0.3 is 0 Å². The van der Waals surface area contributed by atoms with E-state index in [2.05, 4.69) is 17.6 Å². The van der Waals surface area contributed by atoms with E-state index in [0.29, 0.717) is 5.41 Å². The number of rotatable bonds is 4. The van der Waals surface area contributed by atoms with E-state index in [4.69, 9.17) is 0 Å². The summed E-state index contributed by atoms with van der Waals surface area (Å²) in [5.41, 5.74) is 0.446. The number of carbonyl (C=O) groups excluding carboxylic acids is 1. The summed E-state index contributed by atoms with van der Waals surface area (Å²) < 4.78 is 0. The third kappa shape index (κ3) is 2.33. The Morgan fingerprint density at radius 2 is 2.33 bits per heavy atom. The average molecular weight is 210 g/mol. The molecule has 0 aromatic carbocycles. The van der Waals surface area contributed by atoms with Crippen LogP contribution in [0, 0.1) is 11.3 Å². The Morgan fingerprint density at radius 1 is 1.53 bits per heavy atom. The molecule has 2 rings (SSSR count). The van der Waals surface area contributed by atoms with Crippen molar-refractivity contribution in [2.75, 3.05) is 19.6 Å². The Labute approximate surface area is 92.0 Å². The number of carbonyl (C=O) groups is 1. The third-order valence-corrected chi connectivity index (χ3v) is 4.23. The van der Waals surface area contributed by atoms with Gasteiger partial charge in [-0.25, -0.2) is 0 Å². The molecule has 3 nitrogen and oxygen atoms in total. The van der Waals surface area contributed by atoms with Gasteiger partial charge in [0.25, 0.3) is 0 Å². The number of hydrogen-bond acceptors (Lipinski definition) is 2. The molecule has 2 N–H and O–H groups in total. The summed E-state index contributed by atoms with van der Waals surface area (Å²) in [6, 6.07) is 0. The molecule has 0 radical (unpaired) electrons. The van der Waals surface area contributed by atoms with E-state index in [1.807, 2.05) is 0 Å². The molecular formula is C12H22N2O. The van der Waals surface area contributed by atoms with Crippen LogP contribution in [0.1, 0.15) is 39.0 Å². The van der Waals surface area contributed by atoms with Gasteiger partial charge in [0.1, 0.15) is 0 Å². The smallest absolute Gasteiger partial charge is 0.224 e. The topological polar surface area (TPSA) is 41.1 Å². The van der Waals surface area contributed by atoms with E-state index in [-0.39, 0.29) is 11.8 Å². The number of nitrogens with one attached hydrogen (secondary N) is 2. The van der Waals surface area contributed by atoms with Crippen LogP contribution in [0.4, 0.5) is 0 Å². The summed E-state index contributed by atoms with van der Waals surface area (Å²) >= 11 is 0. The van der Waals surface area contributed by atoms with Crippen LogP contribution in [0.25, 0.3) is 0 Å². The van der Waals surface area contributed by atoms with Crippen LogP contribution in [0.2, 0.25) is 0 Å². The predicted octanol–water partition coefficient (Wildman–Crippen LogP) is 1.29. The third-order valence-electron chi connectivity index (χ3n) is 4.23. The normalized spacial score (nSPS) is 28.5. The van der Waals surface area contributed by atoms with Crippen molar-refractivity contribution in [3.05, 3.63) is 0 Å². The lowest BCUT2D eigenvalue weighted by molar-refractivity contribution is -0.125. The predicted molar refractivity (Wildman–Crippen MR) is 60.6 cm³/mol. The molecule has 1 saturated carbocycles. The van der Waals surface area contributed by atoms with Gasteiger partial charge in [0.15, 0.2) is 0 Å². The van der Waals surface area contributed by atoms with Gasteiger partial charge in [0.05, 0.1) is 5.92 Å². The van der Waals surface area contributed by atoms with Crippen molar-refractivity contribution in [2.24, 2.45) is 11.3 Å². The van der Waals surface area contributed by atoms with E-state index in [0.717, 1.165) is 26.1 Å². The monoisotopic (exact) mass is 210 g/mol. The Hall–Kier alpha value is -0.570. The van der Waals surface area contributed by atoms with E-state index < -0.39 is 0 Å². The molecular weight excluding hydrogens is 188 g/mol. The van der Waals surface area contributed by atoms with Gasteiger partial charge < -0.3 is 10.6 Å². The maximum atomic E-state index is 11.8. The van der Waals surface area contributed by atoms with Crippen LogP contribution in [0.5, 0.6) is 0 Å². The van der Waals surface area contributed by atoms with Crippen LogP contribution in [0.15, 0.2) is 0 Å². The highest BCUT2D eigenvalue weighted by molar-refractivity contribution is 5.79. The van der Waals surface area contributed by atoms with Gasteiger partial charge in [-0.05, 0) is 37.6 Å². The first-order chi connectivity index (χ1) is 7.26. The Bertz CT molecular complexity index is 224. The molecule has 2 aliphatic rings. The lowest BCUT2D eigenvalue weighted by atomic mass is 9.67. The van der Waals surface area contributed by atoms with Gasteiger partial charge in [-0.1, -0.05) is 13.3 Å². The summed E-state index contributed by atoms with van der Waals surface area (Å²) in [7, 11) is 0. The minimum atomic E-state index is 0.221. The molecule has 1 heterocycles. The number of hydrogen-bond donors (Lipinski definition) is 2. The molecule has 0 aromatic rings. The van der Waals surface area contributed by atoms with Gasteiger partial charge in [-0.2, -0.15) is 0 Å². The quantitative estimate of drug-likeness (QED) is 0.734. The fourth-order valence-electron chi connectivity index (χ4n) is 2.63. The molecule has 3 heteroatoms. The Balaban J connectivity index is 1.74. The number of amides is 1. The molecule has 1 aliphatic heterocycles. The highest BCUT2D eigenvalue weighted by Gasteiger charge is 2.35. The van der Waals surface area contributed by atoms with E-state index in [9.17, 15) is 4.79 Å². The molecule has 1 amide bonds. The second kappa shape index (κ2) is 4.52. The minimum Gasteiger partial charge on any atom is -0.355 e. The molecule has 0 bridgehead atoms. The second-order valence-electron chi connectivity index (χ2n) is 5.11. The SMILES string of the molecule is CCC1(CNC(=O)[C@H]2CCNC2)CCC1. The fraction of sp³-hybridized carbons (Fsp3) is 0.917. The molecule has 86 valence electrons. The lowest BCUT2D eigenvalue weighted by Gasteiger charge is -2.41. The second-order valence-corrected chi connectivity index (χ2v) is 5.11. The zero-order valence-corrected chi connectivity index (χ0v) is 9.64. The van der Waals surface area contributed by atoms with Gasteiger partial charge in [-0.15, -0.1) is 0 Å².